The summed E-state index contributed by atoms with van der Waals surface area (Å²) in [5.74, 6) is -4.04. The van der Waals surface area contributed by atoms with E-state index >= 15 is 0 Å². The number of hydrogen-bond acceptors (Lipinski definition) is 2. The van der Waals surface area contributed by atoms with Gasteiger partial charge in [0, 0.05) is 6.61 Å². The van der Waals surface area contributed by atoms with Gasteiger partial charge in [-0.15, -0.1) is 0 Å². The topological polar surface area (TPSA) is 29.5 Å². The average Bonchev–Trinajstić information content (AvgIpc) is 2.88. The maximum absolute atomic E-state index is 13.0. The van der Waals surface area contributed by atoms with Crippen molar-refractivity contribution in [1.82, 2.24) is 0 Å². The predicted molar refractivity (Wildman–Crippen MR) is 64.1 cm³/mol. The van der Waals surface area contributed by atoms with Gasteiger partial charge >= 0.3 is 0 Å². The van der Waals surface area contributed by atoms with Crippen LogP contribution >= 0.6 is 0 Å². The van der Waals surface area contributed by atoms with Crippen LogP contribution in [0.4, 0.5) is 13.2 Å². The van der Waals surface area contributed by atoms with Crippen LogP contribution < -0.4 is 0 Å². The zero-order valence-electron chi connectivity index (χ0n) is 10.5. The number of halogens is 3. The summed E-state index contributed by atoms with van der Waals surface area (Å²) in [5, 5.41) is 9.84. The number of hydrogen-bond donors (Lipinski definition) is 1. The van der Waals surface area contributed by atoms with Gasteiger partial charge < -0.3 is 9.84 Å². The Labute approximate surface area is 110 Å². The molecule has 1 aromatic rings. The second-order valence-corrected chi connectivity index (χ2v) is 4.88. The van der Waals surface area contributed by atoms with Crippen molar-refractivity contribution >= 4 is 0 Å². The first kappa shape index (κ1) is 14.3. The molecule has 0 aromatic heterocycles. The molecule has 0 spiro atoms. The van der Waals surface area contributed by atoms with Crippen LogP contribution in [0.3, 0.4) is 0 Å². The molecular formula is C14H17F3O2. The van der Waals surface area contributed by atoms with Gasteiger partial charge in [-0.05, 0) is 49.8 Å². The molecule has 1 heterocycles. The molecule has 2 unspecified atom stereocenters. The Morgan fingerprint density at radius 3 is 2.53 bits per heavy atom. The first-order chi connectivity index (χ1) is 9.08. The van der Waals surface area contributed by atoms with Gasteiger partial charge in [-0.25, -0.2) is 13.2 Å². The molecule has 1 fully saturated rings. The fourth-order valence-corrected chi connectivity index (χ4v) is 2.35. The molecule has 5 heteroatoms. The van der Waals surface area contributed by atoms with E-state index in [1.54, 1.807) is 0 Å². The van der Waals surface area contributed by atoms with Gasteiger partial charge in [0.15, 0.2) is 17.5 Å². The lowest BCUT2D eigenvalue weighted by Crippen LogP contribution is -2.06. The number of rotatable bonds is 5. The van der Waals surface area contributed by atoms with Crippen LogP contribution in [-0.4, -0.2) is 17.8 Å². The highest BCUT2D eigenvalue weighted by Crippen LogP contribution is 2.25. The van der Waals surface area contributed by atoms with Crippen molar-refractivity contribution in [3.05, 3.63) is 35.1 Å². The standard InChI is InChI=1S/C14H17F3O2/c15-11-7-9(8-12(16)14(11)17)13(18)5-1-3-10-4-2-6-19-10/h7-8,10,13,18H,1-6H2. The van der Waals surface area contributed by atoms with E-state index in [2.05, 4.69) is 0 Å². The molecule has 1 aromatic carbocycles. The summed E-state index contributed by atoms with van der Waals surface area (Å²) in [6.07, 6.45) is 3.23. The molecule has 2 rings (SSSR count). The molecule has 0 amide bonds. The van der Waals surface area contributed by atoms with Crippen molar-refractivity contribution in [2.75, 3.05) is 6.61 Å². The summed E-state index contributed by atoms with van der Waals surface area (Å²) in [5.41, 5.74) is 0.0729. The first-order valence-corrected chi connectivity index (χ1v) is 6.52. The van der Waals surface area contributed by atoms with Crippen molar-refractivity contribution in [2.24, 2.45) is 0 Å². The van der Waals surface area contributed by atoms with Crippen molar-refractivity contribution in [2.45, 2.75) is 44.3 Å². The molecule has 2 atom stereocenters. The highest BCUT2D eigenvalue weighted by atomic mass is 19.2. The summed E-state index contributed by atoms with van der Waals surface area (Å²) in [7, 11) is 0. The minimum absolute atomic E-state index is 0.0729. The summed E-state index contributed by atoms with van der Waals surface area (Å²) in [4.78, 5) is 0. The van der Waals surface area contributed by atoms with Crippen LogP contribution in [0.1, 0.15) is 43.8 Å². The average molecular weight is 274 g/mol. The Morgan fingerprint density at radius 2 is 1.95 bits per heavy atom. The summed E-state index contributed by atoms with van der Waals surface area (Å²) >= 11 is 0. The highest BCUT2D eigenvalue weighted by Gasteiger charge is 2.18. The largest absolute Gasteiger partial charge is 0.388 e. The fourth-order valence-electron chi connectivity index (χ4n) is 2.35. The second-order valence-electron chi connectivity index (χ2n) is 4.88. The quantitative estimate of drug-likeness (QED) is 0.833. The molecule has 1 aliphatic heterocycles. The lowest BCUT2D eigenvalue weighted by Gasteiger charge is -2.13. The van der Waals surface area contributed by atoms with Crippen LogP contribution in [0, 0.1) is 17.5 Å². The van der Waals surface area contributed by atoms with Gasteiger partial charge in [-0.1, -0.05) is 0 Å². The zero-order chi connectivity index (χ0) is 13.8. The van der Waals surface area contributed by atoms with E-state index in [0.717, 1.165) is 38.0 Å². The molecule has 0 radical (unpaired) electrons. The molecule has 0 aliphatic carbocycles. The lowest BCUT2D eigenvalue weighted by molar-refractivity contribution is 0.0943. The van der Waals surface area contributed by atoms with E-state index in [9.17, 15) is 18.3 Å². The smallest absolute Gasteiger partial charge is 0.194 e. The van der Waals surface area contributed by atoms with E-state index in [-0.39, 0.29) is 11.7 Å². The molecule has 106 valence electrons. The third-order valence-electron chi connectivity index (χ3n) is 3.42. The van der Waals surface area contributed by atoms with Crippen molar-refractivity contribution < 1.29 is 23.0 Å². The van der Waals surface area contributed by atoms with Gasteiger partial charge in [0.25, 0.3) is 0 Å². The molecule has 0 bridgehead atoms. The van der Waals surface area contributed by atoms with Crippen molar-refractivity contribution in [3.8, 4) is 0 Å². The Hall–Kier alpha value is -1.07. The van der Waals surface area contributed by atoms with Gasteiger partial charge in [0.05, 0.1) is 12.2 Å². The molecular weight excluding hydrogens is 257 g/mol. The van der Waals surface area contributed by atoms with Gasteiger partial charge in [0.1, 0.15) is 0 Å². The third kappa shape index (κ3) is 3.70. The number of aliphatic hydroxyl groups is 1. The number of aliphatic hydroxyl groups excluding tert-OH is 1. The molecule has 19 heavy (non-hydrogen) atoms. The van der Waals surface area contributed by atoms with Crippen LogP contribution in [-0.2, 0) is 4.74 Å². The molecule has 2 nitrogen and oxygen atoms in total. The Bertz CT molecular complexity index is 408. The monoisotopic (exact) mass is 274 g/mol. The maximum atomic E-state index is 13.0. The summed E-state index contributed by atoms with van der Waals surface area (Å²) in [6, 6.07) is 1.68. The van der Waals surface area contributed by atoms with Crippen LogP contribution in [0.2, 0.25) is 0 Å². The van der Waals surface area contributed by atoms with Crippen LogP contribution in [0.15, 0.2) is 12.1 Å². The lowest BCUT2D eigenvalue weighted by atomic mass is 10.0. The van der Waals surface area contributed by atoms with Crippen molar-refractivity contribution in [1.29, 1.82) is 0 Å². The summed E-state index contributed by atoms with van der Waals surface area (Å²) < 4.78 is 44.3. The van der Waals surface area contributed by atoms with Crippen molar-refractivity contribution in [3.63, 3.8) is 0 Å². The fraction of sp³-hybridized carbons (Fsp3) is 0.571. The van der Waals surface area contributed by atoms with Gasteiger partial charge in [-0.2, -0.15) is 0 Å². The maximum Gasteiger partial charge on any atom is 0.194 e. The SMILES string of the molecule is OC(CCCC1CCCO1)c1cc(F)c(F)c(F)c1. The van der Waals surface area contributed by atoms with Gasteiger partial charge in [-0.3, -0.25) is 0 Å². The van der Waals surface area contributed by atoms with Gasteiger partial charge in [0.2, 0.25) is 0 Å². The number of ether oxygens (including phenoxy) is 1. The molecule has 1 saturated heterocycles. The first-order valence-electron chi connectivity index (χ1n) is 6.52. The molecule has 1 N–H and O–H groups in total. The van der Waals surface area contributed by atoms with E-state index < -0.39 is 23.6 Å². The highest BCUT2D eigenvalue weighted by molar-refractivity contribution is 5.21. The predicted octanol–water partition coefficient (Wildman–Crippen LogP) is 3.49. The van der Waals surface area contributed by atoms with Crippen LogP contribution in [0.5, 0.6) is 0 Å². The van der Waals surface area contributed by atoms with E-state index in [4.69, 9.17) is 4.74 Å². The second kappa shape index (κ2) is 6.39. The Morgan fingerprint density at radius 1 is 1.26 bits per heavy atom. The summed E-state index contributed by atoms with van der Waals surface area (Å²) in [6.45, 7) is 0.779. The minimum atomic E-state index is -1.50. The van der Waals surface area contributed by atoms with E-state index in [1.165, 1.54) is 0 Å². The minimum Gasteiger partial charge on any atom is -0.388 e. The Balaban J connectivity index is 1.86. The zero-order valence-corrected chi connectivity index (χ0v) is 10.5. The normalized spacial score (nSPS) is 20.7. The molecule has 0 saturated carbocycles. The van der Waals surface area contributed by atoms with Crippen LogP contribution in [0.25, 0.3) is 0 Å². The number of benzene rings is 1. The molecule has 1 aliphatic rings. The third-order valence-corrected chi connectivity index (χ3v) is 3.42. The van der Waals surface area contributed by atoms with E-state index in [1.807, 2.05) is 0 Å². The Kier molecular flexibility index (Phi) is 4.82. The van der Waals surface area contributed by atoms with E-state index in [0.29, 0.717) is 12.8 Å².